The number of esters is 3. The highest BCUT2D eigenvalue weighted by molar-refractivity contribution is 5.71. The molecule has 0 aliphatic rings. The van der Waals surface area contributed by atoms with Crippen LogP contribution in [0.5, 0.6) is 0 Å². The molecule has 0 rings (SSSR count). The molecule has 0 N–H and O–H groups in total. The van der Waals surface area contributed by atoms with Crippen molar-refractivity contribution in [2.75, 3.05) is 13.2 Å². The SMILES string of the molecule is CC\C=C/C=C\C=C/CCCCCCCCCC(=O)OCC(COC(=O)CC/C=C\C/C=C\CCCCCCCC)OC(=O)CCCCCCCCC/C=C\C/C=C\CC. The van der Waals surface area contributed by atoms with E-state index in [-0.39, 0.29) is 37.5 Å². The number of hydrogen-bond donors (Lipinski definition) is 0. The van der Waals surface area contributed by atoms with Gasteiger partial charge in [0.1, 0.15) is 13.2 Å². The van der Waals surface area contributed by atoms with Gasteiger partial charge in [-0.25, -0.2) is 0 Å². The Labute approximate surface area is 369 Å². The van der Waals surface area contributed by atoms with Gasteiger partial charge in [0, 0.05) is 19.3 Å². The molecule has 0 aliphatic heterocycles. The predicted molar refractivity (Wildman–Crippen MR) is 256 cm³/mol. The van der Waals surface area contributed by atoms with E-state index >= 15 is 0 Å². The van der Waals surface area contributed by atoms with Crippen LogP contribution in [0, 0.1) is 0 Å². The van der Waals surface area contributed by atoms with Crippen molar-refractivity contribution >= 4 is 17.9 Å². The molecule has 0 spiro atoms. The molecule has 6 nitrogen and oxygen atoms in total. The number of unbranched alkanes of at least 4 members (excludes halogenated alkanes) is 20. The Morgan fingerprint density at radius 1 is 0.367 bits per heavy atom. The van der Waals surface area contributed by atoms with Gasteiger partial charge < -0.3 is 14.2 Å². The lowest BCUT2D eigenvalue weighted by molar-refractivity contribution is -0.166. The van der Waals surface area contributed by atoms with Crippen molar-refractivity contribution in [2.24, 2.45) is 0 Å². The largest absolute Gasteiger partial charge is 0.462 e. The third-order valence-corrected chi connectivity index (χ3v) is 10.2. The van der Waals surface area contributed by atoms with Gasteiger partial charge in [-0.15, -0.1) is 0 Å². The second-order valence-corrected chi connectivity index (χ2v) is 16.0. The molecule has 0 aromatic carbocycles. The normalized spacial score (nSPS) is 12.8. The zero-order chi connectivity index (χ0) is 43.7. The standard InChI is InChI=1S/C54H90O6/c1-4-7-10-13-16-19-22-25-27-30-32-35-38-41-44-47-53(56)59-50-51(49-58-52(55)46-43-40-37-34-31-28-24-21-18-15-12-9-6-3)60-54(57)48-45-42-39-36-33-29-26-23-20-17-14-11-8-5-2/h7-8,10-11,13,16-17,19-20,22,28,31,37,40,51H,4-6,9,12,14-15,18,21,23-27,29-30,32-36,38-39,41-50H2,1-3H3/b10-7-,11-8-,16-13-,20-17-,22-19-,31-28-,40-37-. The Kier molecular flexibility index (Phi) is 45.5. The maximum Gasteiger partial charge on any atom is 0.306 e. The van der Waals surface area contributed by atoms with Gasteiger partial charge in [-0.3, -0.25) is 14.4 Å². The molecule has 6 heteroatoms. The molecular weight excluding hydrogens is 745 g/mol. The van der Waals surface area contributed by atoms with Crippen LogP contribution in [0.25, 0.3) is 0 Å². The molecule has 0 amide bonds. The van der Waals surface area contributed by atoms with Gasteiger partial charge in [0.15, 0.2) is 6.10 Å². The topological polar surface area (TPSA) is 78.9 Å². The number of hydrogen-bond acceptors (Lipinski definition) is 6. The minimum atomic E-state index is -0.807. The fraction of sp³-hybridized carbons (Fsp3) is 0.685. The van der Waals surface area contributed by atoms with Crippen molar-refractivity contribution < 1.29 is 28.6 Å². The van der Waals surface area contributed by atoms with Crippen molar-refractivity contribution in [3.8, 4) is 0 Å². The minimum Gasteiger partial charge on any atom is -0.462 e. The number of allylic oxidation sites excluding steroid dienone is 14. The second-order valence-electron chi connectivity index (χ2n) is 16.0. The van der Waals surface area contributed by atoms with Gasteiger partial charge in [0.25, 0.3) is 0 Å². The fourth-order valence-electron chi connectivity index (χ4n) is 6.53. The molecule has 0 radical (unpaired) electrons. The molecule has 1 unspecified atom stereocenters. The first kappa shape index (κ1) is 56.6. The summed E-state index contributed by atoms with van der Waals surface area (Å²) < 4.78 is 16.7. The molecule has 342 valence electrons. The summed E-state index contributed by atoms with van der Waals surface area (Å²) in [4.78, 5) is 37.9. The Morgan fingerprint density at radius 3 is 1.28 bits per heavy atom. The highest BCUT2D eigenvalue weighted by Gasteiger charge is 2.19. The number of ether oxygens (including phenoxy) is 3. The molecule has 0 aromatic heterocycles. The van der Waals surface area contributed by atoms with Gasteiger partial charge in [0.05, 0.1) is 0 Å². The lowest BCUT2D eigenvalue weighted by Gasteiger charge is -2.18. The first-order valence-electron chi connectivity index (χ1n) is 24.6. The number of carbonyl (C=O) groups excluding carboxylic acids is 3. The van der Waals surface area contributed by atoms with Gasteiger partial charge in [-0.1, -0.05) is 202 Å². The van der Waals surface area contributed by atoms with Crippen LogP contribution >= 0.6 is 0 Å². The minimum absolute atomic E-state index is 0.104. The maximum absolute atomic E-state index is 12.8. The van der Waals surface area contributed by atoms with E-state index in [4.69, 9.17) is 14.2 Å². The molecule has 0 fully saturated rings. The molecule has 0 saturated carbocycles. The van der Waals surface area contributed by atoms with E-state index in [0.29, 0.717) is 19.3 Å². The lowest BCUT2D eigenvalue weighted by atomic mass is 10.1. The van der Waals surface area contributed by atoms with Crippen LogP contribution in [0.15, 0.2) is 85.1 Å². The highest BCUT2D eigenvalue weighted by atomic mass is 16.6. The Balaban J connectivity index is 4.48. The molecular formula is C54H90O6. The van der Waals surface area contributed by atoms with Crippen molar-refractivity contribution in [3.63, 3.8) is 0 Å². The maximum atomic E-state index is 12.8. The van der Waals surface area contributed by atoms with Crippen molar-refractivity contribution in [1.82, 2.24) is 0 Å². The van der Waals surface area contributed by atoms with Crippen molar-refractivity contribution in [1.29, 1.82) is 0 Å². The Hall–Kier alpha value is -3.41. The molecule has 0 bridgehead atoms. The molecule has 60 heavy (non-hydrogen) atoms. The Bertz CT molecular complexity index is 1190. The van der Waals surface area contributed by atoms with Crippen LogP contribution in [-0.2, 0) is 28.6 Å². The van der Waals surface area contributed by atoms with E-state index in [0.717, 1.165) is 83.5 Å². The van der Waals surface area contributed by atoms with Crippen LogP contribution < -0.4 is 0 Å². The zero-order valence-electron chi connectivity index (χ0n) is 38.9. The highest BCUT2D eigenvalue weighted by Crippen LogP contribution is 2.14. The first-order chi connectivity index (χ1) is 29.5. The summed E-state index contributed by atoms with van der Waals surface area (Å²) in [6.07, 6.45) is 61.5. The van der Waals surface area contributed by atoms with E-state index in [9.17, 15) is 14.4 Å². The van der Waals surface area contributed by atoms with Gasteiger partial charge in [-0.2, -0.15) is 0 Å². The van der Waals surface area contributed by atoms with Crippen molar-refractivity contribution in [2.45, 2.75) is 226 Å². The lowest BCUT2D eigenvalue weighted by Crippen LogP contribution is -2.30. The van der Waals surface area contributed by atoms with Gasteiger partial charge in [0.2, 0.25) is 0 Å². The third-order valence-electron chi connectivity index (χ3n) is 10.2. The molecule has 0 aromatic rings. The monoisotopic (exact) mass is 835 g/mol. The first-order valence-corrected chi connectivity index (χ1v) is 24.6. The molecule has 0 saturated heterocycles. The number of rotatable bonds is 43. The number of carbonyl (C=O) groups is 3. The van der Waals surface area contributed by atoms with Gasteiger partial charge >= 0.3 is 17.9 Å². The summed E-state index contributed by atoms with van der Waals surface area (Å²) in [7, 11) is 0. The Morgan fingerprint density at radius 2 is 0.767 bits per heavy atom. The predicted octanol–water partition coefficient (Wildman–Crippen LogP) is 16.0. The summed E-state index contributed by atoms with van der Waals surface area (Å²) in [5.41, 5.74) is 0. The van der Waals surface area contributed by atoms with Crippen LogP contribution in [0.1, 0.15) is 220 Å². The zero-order valence-corrected chi connectivity index (χ0v) is 38.9. The molecule has 0 aliphatic carbocycles. The second kappa shape index (κ2) is 48.3. The summed E-state index contributed by atoms with van der Waals surface area (Å²) in [6.45, 7) is 6.31. The summed E-state index contributed by atoms with van der Waals surface area (Å²) >= 11 is 0. The molecule has 0 heterocycles. The smallest absolute Gasteiger partial charge is 0.306 e. The third kappa shape index (κ3) is 45.7. The fourth-order valence-corrected chi connectivity index (χ4v) is 6.53. The average Bonchev–Trinajstić information content (AvgIpc) is 3.24. The average molecular weight is 835 g/mol. The van der Waals surface area contributed by atoms with E-state index in [1.807, 2.05) is 6.08 Å². The van der Waals surface area contributed by atoms with E-state index in [2.05, 4.69) is 99.8 Å². The van der Waals surface area contributed by atoms with Crippen molar-refractivity contribution in [3.05, 3.63) is 85.1 Å². The van der Waals surface area contributed by atoms with E-state index < -0.39 is 6.10 Å². The quantitative estimate of drug-likeness (QED) is 0.0200. The van der Waals surface area contributed by atoms with E-state index in [1.165, 1.54) is 89.9 Å². The summed E-state index contributed by atoms with van der Waals surface area (Å²) in [5, 5.41) is 0. The van der Waals surface area contributed by atoms with Gasteiger partial charge in [-0.05, 0) is 83.5 Å². The summed E-state index contributed by atoms with van der Waals surface area (Å²) in [6, 6.07) is 0. The van der Waals surface area contributed by atoms with Crippen LogP contribution in [0.2, 0.25) is 0 Å². The van der Waals surface area contributed by atoms with E-state index in [1.54, 1.807) is 0 Å². The molecule has 1 atom stereocenters. The van der Waals surface area contributed by atoms with Crippen LogP contribution in [-0.4, -0.2) is 37.2 Å². The van der Waals surface area contributed by atoms with Crippen LogP contribution in [0.3, 0.4) is 0 Å². The van der Waals surface area contributed by atoms with Crippen LogP contribution in [0.4, 0.5) is 0 Å². The summed E-state index contributed by atoms with van der Waals surface area (Å²) in [5.74, 6) is -0.998.